The highest BCUT2D eigenvalue weighted by molar-refractivity contribution is 6.32. The smallest absolute Gasteiger partial charge is 0.254 e. The van der Waals surface area contributed by atoms with Crippen molar-refractivity contribution in [3.05, 3.63) is 22.7 Å². The van der Waals surface area contributed by atoms with Crippen LogP contribution < -0.4 is 9.47 Å². The normalized spacial score (nSPS) is 14.9. The summed E-state index contributed by atoms with van der Waals surface area (Å²) >= 11 is 6.26. The highest BCUT2D eigenvalue weighted by Gasteiger charge is 2.21. The Bertz CT molecular complexity index is 499. The zero-order valence-electron chi connectivity index (χ0n) is 12.7. The number of carbonyl (C=O) groups excluding carboxylic acids is 1. The molecule has 0 atom stereocenters. The number of amides is 1. The number of piperidine rings is 1. The minimum atomic E-state index is 0.0111. The van der Waals surface area contributed by atoms with E-state index in [0.717, 1.165) is 32.4 Å². The quantitative estimate of drug-likeness (QED) is 0.831. The van der Waals surface area contributed by atoms with E-state index in [1.165, 1.54) is 6.42 Å². The molecule has 0 N–H and O–H groups in total. The van der Waals surface area contributed by atoms with Crippen LogP contribution >= 0.6 is 11.6 Å². The van der Waals surface area contributed by atoms with Crippen LogP contribution in [0.4, 0.5) is 0 Å². The number of hydrogen-bond donors (Lipinski definition) is 0. The Balaban J connectivity index is 2.24. The molecule has 4 nitrogen and oxygen atoms in total. The van der Waals surface area contributed by atoms with Crippen LogP contribution in [0.25, 0.3) is 0 Å². The van der Waals surface area contributed by atoms with Gasteiger partial charge >= 0.3 is 0 Å². The van der Waals surface area contributed by atoms with Crippen LogP contribution in [-0.2, 0) is 0 Å². The van der Waals surface area contributed by atoms with E-state index >= 15 is 0 Å². The van der Waals surface area contributed by atoms with Crippen LogP contribution in [0.15, 0.2) is 12.1 Å². The van der Waals surface area contributed by atoms with Gasteiger partial charge in [0.1, 0.15) is 0 Å². The van der Waals surface area contributed by atoms with Crippen molar-refractivity contribution in [1.29, 1.82) is 0 Å². The van der Waals surface area contributed by atoms with Gasteiger partial charge in [-0.1, -0.05) is 18.5 Å². The molecule has 21 heavy (non-hydrogen) atoms. The second-order valence-corrected chi connectivity index (χ2v) is 5.60. The van der Waals surface area contributed by atoms with Gasteiger partial charge in [-0.05, 0) is 37.8 Å². The summed E-state index contributed by atoms with van der Waals surface area (Å²) in [7, 11) is 1.56. The Labute approximate surface area is 131 Å². The number of rotatable bonds is 5. The zero-order chi connectivity index (χ0) is 15.2. The third-order valence-electron chi connectivity index (χ3n) is 3.57. The summed E-state index contributed by atoms with van der Waals surface area (Å²) in [5.41, 5.74) is 0.558. The van der Waals surface area contributed by atoms with Gasteiger partial charge in [-0.2, -0.15) is 0 Å². The van der Waals surface area contributed by atoms with Crippen LogP contribution in [0.3, 0.4) is 0 Å². The first-order chi connectivity index (χ1) is 10.2. The van der Waals surface area contributed by atoms with Gasteiger partial charge in [-0.3, -0.25) is 4.79 Å². The maximum atomic E-state index is 12.5. The van der Waals surface area contributed by atoms with Crippen molar-refractivity contribution in [3.8, 4) is 11.5 Å². The number of hydrogen-bond acceptors (Lipinski definition) is 3. The van der Waals surface area contributed by atoms with Gasteiger partial charge in [0, 0.05) is 18.7 Å². The van der Waals surface area contributed by atoms with Crippen LogP contribution in [0.5, 0.6) is 11.5 Å². The Hall–Kier alpha value is -1.42. The lowest BCUT2D eigenvalue weighted by molar-refractivity contribution is 0.0724. The third-order valence-corrected chi connectivity index (χ3v) is 3.85. The molecule has 1 aromatic rings. The fourth-order valence-corrected chi connectivity index (χ4v) is 2.73. The predicted octanol–water partition coefficient (Wildman–Crippen LogP) is 3.76. The second-order valence-electron chi connectivity index (χ2n) is 5.19. The molecule has 0 radical (unpaired) electrons. The van der Waals surface area contributed by atoms with Gasteiger partial charge in [0.2, 0.25) is 0 Å². The van der Waals surface area contributed by atoms with E-state index in [0.29, 0.717) is 28.7 Å². The topological polar surface area (TPSA) is 38.8 Å². The van der Waals surface area contributed by atoms with Crippen molar-refractivity contribution >= 4 is 17.5 Å². The molecule has 1 saturated heterocycles. The molecule has 0 saturated carbocycles. The van der Waals surface area contributed by atoms with Gasteiger partial charge in [0.25, 0.3) is 5.91 Å². The molecule has 5 heteroatoms. The molecule has 1 aromatic carbocycles. The summed E-state index contributed by atoms with van der Waals surface area (Å²) in [4.78, 5) is 14.4. The van der Waals surface area contributed by atoms with Gasteiger partial charge in [-0.15, -0.1) is 0 Å². The Kier molecular flexibility index (Phi) is 5.74. The number of carbonyl (C=O) groups is 1. The van der Waals surface area contributed by atoms with Crippen LogP contribution in [-0.4, -0.2) is 37.6 Å². The van der Waals surface area contributed by atoms with Gasteiger partial charge in [0.05, 0.1) is 18.7 Å². The molecule has 0 aromatic heterocycles. The first-order valence-electron chi connectivity index (χ1n) is 7.47. The molecule has 1 aliphatic heterocycles. The molecule has 1 amide bonds. The van der Waals surface area contributed by atoms with E-state index < -0.39 is 0 Å². The molecular weight excluding hydrogens is 290 g/mol. The van der Waals surface area contributed by atoms with Crippen molar-refractivity contribution in [1.82, 2.24) is 4.90 Å². The number of likely N-dealkylation sites (tertiary alicyclic amines) is 1. The molecule has 0 spiro atoms. The van der Waals surface area contributed by atoms with Gasteiger partial charge in [-0.25, -0.2) is 0 Å². The molecule has 116 valence electrons. The molecule has 0 aliphatic carbocycles. The minimum absolute atomic E-state index is 0.0111. The summed E-state index contributed by atoms with van der Waals surface area (Å²) < 4.78 is 10.9. The Morgan fingerprint density at radius 1 is 1.29 bits per heavy atom. The van der Waals surface area contributed by atoms with Crippen molar-refractivity contribution in [2.45, 2.75) is 32.6 Å². The Morgan fingerprint density at radius 3 is 2.62 bits per heavy atom. The molecular formula is C16H22ClNO3. The van der Waals surface area contributed by atoms with E-state index in [1.54, 1.807) is 19.2 Å². The van der Waals surface area contributed by atoms with Crippen LogP contribution in [0.1, 0.15) is 43.0 Å². The van der Waals surface area contributed by atoms with E-state index in [4.69, 9.17) is 21.1 Å². The average molecular weight is 312 g/mol. The molecule has 0 bridgehead atoms. The number of nitrogens with zero attached hydrogens (tertiary/aromatic N) is 1. The van der Waals surface area contributed by atoms with Gasteiger partial charge < -0.3 is 14.4 Å². The zero-order valence-corrected chi connectivity index (χ0v) is 13.4. The van der Waals surface area contributed by atoms with E-state index in [-0.39, 0.29) is 5.91 Å². The van der Waals surface area contributed by atoms with Crippen molar-refractivity contribution < 1.29 is 14.3 Å². The molecule has 1 fully saturated rings. The fourth-order valence-electron chi connectivity index (χ4n) is 2.47. The number of methoxy groups -OCH3 is 1. The highest BCUT2D eigenvalue weighted by Crippen LogP contribution is 2.37. The Morgan fingerprint density at radius 2 is 2.00 bits per heavy atom. The third kappa shape index (κ3) is 3.82. The highest BCUT2D eigenvalue weighted by atomic mass is 35.5. The summed E-state index contributed by atoms with van der Waals surface area (Å²) in [5, 5.41) is 0.420. The predicted molar refractivity (Wildman–Crippen MR) is 83.5 cm³/mol. The lowest BCUT2D eigenvalue weighted by Gasteiger charge is -2.27. The van der Waals surface area contributed by atoms with E-state index in [9.17, 15) is 4.79 Å². The number of halogens is 1. The van der Waals surface area contributed by atoms with Crippen LogP contribution in [0.2, 0.25) is 5.02 Å². The van der Waals surface area contributed by atoms with Gasteiger partial charge in [0.15, 0.2) is 11.5 Å². The maximum Gasteiger partial charge on any atom is 0.254 e. The average Bonchev–Trinajstić information content (AvgIpc) is 2.53. The molecule has 1 aliphatic rings. The maximum absolute atomic E-state index is 12.5. The van der Waals surface area contributed by atoms with Crippen molar-refractivity contribution in [2.24, 2.45) is 0 Å². The lowest BCUT2D eigenvalue weighted by Crippen LogP contribution is -2.35. The second kappa shape index (κ2) is 7.55. The lowest BCUT2D eigenvalue weighted by atomic mass is 10.1. The standard InChI is InChI=1S/C16H22ClNO3/c1-3-9-21-15-13(17)10-12(11-14(15)20-2)16(19)18-7-5-4-6-8-18/h10-11H,3-9H2,1-2H3. The van der Waals surface area contributed by atoms with Crippen molar-refractivity contribution in [2.75, 3.05) is 26.8 Å². The first kappa shape index (κ1) is 16.0. The monoisotopic (exact) mass is 311 g/mol. The van der Waals surface area contributed by atoms with Crippen molar-refractivity contribution in [3.63, 3.8) is 0 Å². The largest absolute Gasteiger partial charge is 0.493 e. The summed E-state index contributed by atoms with van der Waals surface area (Å²) in [6, 6.07) is 3.39. The number of ether oxygens (including phenoxy) is 2. The summed E-state index contributed by atoms with van der Waals surface area (Å²) in [6.07, 6.45) is 4.20. The summed E-state index contributed by atoms with van der Waals surface area (Å²) in [6.45, 7) is 4.21. The van der Waals surface area contributed by atoms with E-state index in [1.807, 2.05) is 11.8 Å². The fraction of sp³-hybridized carbons (Fsp3) is 0.562. The van der Waals surface area contributed by atoms with E-state index in [2.05, 4.69) is 0 Å². The molecule has 1 heterocycles. The van der Waals surface area contributed by atoms with Crippen LogP contribution in [0, 0.1) is 0 Å². The molecule has 2 rings (SSSR count). The molecule has 0 unspecified atom stereocenters. The summed E-state index contributed by atoms with van der Waals surface area (Å²) in [5.74, 6) is 1.03. The SMILES string of the molecule is CCCOc1c(Cl)cc(C(=O)N2CCCCC2)cc1OC. The number of benzene rings is 1. The minimum Gasteiger partial charge on any atom is -0.493 e. The first-order valence-corrected chi connectivity index (χ1v) is 7.84.